The van der Waals surface area contributed by atoms with E-state index in [1.54, 1.807) is 10.6 Å². The molecule has 3 aromatic rings. The molecule has 1 atom stereocenters. The minimum absolute atomic E-state index is 0.0382. The van der Waals surface area contributed by atoms with Gasteiger partial charge in [-0.2, -0.15) is 18.2 Å². The van der Waals surface area contributed by atoms with Gasteiger partial charge >= 0.3 is 11.9 Å². The molecule has 6 rings (SSSR count). The maximum atomic E-state index is 14.4. The normalized spacial score (nSPS) is 19.8. The predicted octanol–water partition coefficient (Wildman–Crippen LogP) is 3.42. The average Bonchev–Trinajstić information content (AvgIpc) is 3.21. The van der Waals surface area contributed by atoms with Crippen LogP contribution >= 0.6 is 0 Å². The zero-order valence-electron chi connectivity index (χ0n) is 16.6. The SMILES string of the molecule is O=c1nc(OCc2ccc(Oc3cnc(C(F)(F)F)nc3)c(F)c2)cc2n1CC13CC1=CN23. The summed E-state index contributed by atoms with van der Waals surface area (Å²) in [7, 11) is 0. The van der Waals surface area contributed by atoms with Crippen LogP contribution in [-0.2, 0) is 19.3 Å². The largest absolute Gasteiger partial charge is 0.473 e. The van der Waals surface area contributed by atoms with Crippen molar-refractivity contribution in [3.8, 4) is 17.4 Å². The van der Waals surface area contributed by atoms with Gasteiger partial charge in [0.1, 0.15) is 12.4 Å². The van der Waals surface area contributed by atoms with E-state index in [1.807, 2.05) is 6.20 Å². The number of aromatic nitrogens is 4. The summed E-state index contributed by atoms with van der Waals surface area (Å²) in [6, 6.07) is 5.66. The number of benzene rings is 1. The van der Waals surface area contributed by atoms with Gasteiger partial charge in [0.15, 0.2) is 17.3 Å². The first-order valence-corrected chi connectivity index (χ1v) is 9.84. The van der Waals surface area contributed by atoms with Crippen molar-refractivity contribution in [3.05, 3.63) is 76.1 Å². The third-order valence-electron chi connectivity index (χ3n) is 5.83. The summed E-state index contributed by atoms with van der Waals surface area (Å²) in [6.07, 6.45) is -0.0912. The Morgan fingerprint density at radius 3 is 2.61 bits per heavy atom. The molecule has 1 spiro atoms. The molecule has 33 heavy (non-hydrogen) atoms. The number of nitrogens with zero attached hydrogens (tertiary/aromatic N) is 5. The van der Waals surface area contributed by atoms with E-state index in [-0.39, 0.29) is 29.5 Å². The summed E-state index contributed by atoms with van der Waals surface area (Å²) < 4.78 is 64.5. The minimum Gasteiger partial charge on any atom is -0.473 e. The quantitative estimate of drug-likeness (QED) is 0.541. The van der Waals surface area contributed by atoms with E-state index in [1.165, 1.54) is 17.7 Å². The Labute approximate surface area is 182 Å². The standard InChI is InChI=1S/C21H13F4N5O3/c22-14-3-11(1-2-15(14)33-13-6-26-18(27-7-13)21(23,24)25)9-32-16-4-17-29(19(31)28-16)10-20-5-12(20)8-30(17)20/h1-4,6-8H,5,9-10H2. The molecule has 2 aliphatic heterocycles. The summed E-state index contributed by atoms with van der Waals surface area (Å²) in [4.78, 5) is 24.7. The lowest BCUT2D eigenvalue weighted by molar-refractivity contribution is -0.145. The highest BCUT2D eigenvalue weighted by atomic mass is 19.4. The molecule has 3 aliphatic rings. The van der Waals surface area contributed by atoms with E-state index in [2.05, 4.69) is 19.9 Å². The first kappa shape index (κ1) is 19.7. The van der Waals surface area contributed by atoms with Gasteiger partial charge in [-0.25, -0.2) is 19.2 Å². The van der Waals surface area contributed by atoms with Crippen molar-refractivity contribution < 1.29 is 27.0 Å². The molecule has 0 saturated heterocycles. The minimum atomic E-state index is -4.68. The van der Waals surface area contributed by atoms with Crippen LogP contribution in [0.5, 0.6) is 17.4 Å². The smallest absolute Gasteiger partial charge is 0.451 e. The Hall–Kier alpha value is -3.96. The van der Waals surface area contributed by atoms with Crippen molar-refractivity contribution in [1.82, 2.24) is 19.5 Å². The van der Waals surface area contributed by atoms with E-state index in [0.29, 0.717) is 12.1 Å². The predicted molar refractivity (Wildman–Crippen MR) is 104 cm³/mol. The molecule has 0 N–H and O–H groups in total. The van der Waals surface area contributed by atoms with Crippen molar-refractivity contribution in [2.24, 2.45) is 0 Å². The molecular weight excluding hydrogens is 446 g/mol. The molecule has 4 heterocycles. The second-order valence-electron chi connectivity index (χ2n) is 7.95. The second kappa shape index (κ2) is 6.53. The first-order chi connectivity index (χ1) is 15.7. The van der Waals surface area contributed by atoms with Crippen LogP contribution in [0.4, 0.5) is 23.4 Å². The Bertz CT molecular complexity index is 1390. The summed E-state index contributed by atoms with van der Waals surface area (Å²) in [5.74, 6) is -1.59. The summed E-state index contributed by atoms with van der Waals surface area (Å²) in [6.45, 7) is 0.541. The lowest BCUT2D eigenvalue weighted by Crippen LogP contribution is -2.35. The molecule has 0 bridgehead atoms. The fraction of sp³-hybridized carbons (Fsp3) is 0.238. The van der Waals surface area contributed by atoms with Gasteiger partial charge in [-0.3, -0.25) is 4.57 Å². The van der Waals surface area contributed by atoms with Crippen LogP contribution in [0.2, 0.25) is 0 Å². The topological polar surface area (TPSA) is 82.4 Å². The Kier molecular flexibility index (Phi) is 3.90. The molecule has 1 fully saturated rings. The van der Waals surface area contributed by atoms with E-state index >= 15 is 0 Å². The van der Waals surface area contributed by atoms with Gasteiger partial charge in [-0.15, -0.1) is 0 Å². The van der Waals surface area contributed by atoms with Gasteiger partial charge in [0.25, 0.3) is 0 Å². The van der Waals surface area contributed by atoms with Crippen LogP contribution < -0.4 is 20.1 Å². The Balaban J connectivity index is 1.14. The lowest BCUT2D eigenvalue weighted by Gasteiger charge is -2.27. The number of fused-ring (bicyclic) bond motifs is 2. The highest BCUT2D eigenvalue weighted by Crippen LogP contribution is 2.61. The molecule has 0 radical (unpaired) electrons. The molecule has 1 aliphatic carbocycles. The van der Waals surface area contributed by atoms with Gasteiger partial charge in [-0.05, 0) is 23.3 Å². The van der Waals surface area contributed by atoms with Gasteiger partial charge < -0.3 is 14.4 Å². The van der Waals surface area contributed by atoms with E-state index in [4.69, 9.17) is 9.47 Å². The number of hydrogen-bond acceptors (Lipinski definition) is 7. The van der Waals surface area contributed by atoms with E-state index in [0.717, 1.165) is 30.7 Å². The van der Waals surface area contributed by atoms with Crippen molar-refractivity contribution >= 4 is 5.82 Å². The molecule has 1 unspecified atom stereocenters. The zero-order chi connectivity index (χ0) is 23.0. The van der Waals surface area contributed by atoms with Crippen molar-refractivity contribution in [3.63, 3.8) is 0 Å². The van der Waals surface area contributed by atoms with Crippen LogP contribution in [-0.4, -0.2) is 25.1 Å². The molecule has 168 valence electrons. The number of alkyl halides is 3. The number of hydrogen-bond donors (Lipinski definition) is 0. The van der Waals surface area contributed by atoms with Gasteiger partial charge in [-0.1, -0.05) is 6.07 Å². The Morgan fingerprint density at radius 2 is 1.94 bits per heavy atom. The fourth-order valence-electron chi connectivity index (χ4n) is 4.08. The van der Waals surface area contributed by atoms with E-state index < -0.39 is 23.5 Å². The van der Waals surface area contributed by atoms with Gasteiger partial charge in [0, 0.05) is 18.7 Å². The highest BCUT2D eigenvalue weighted by Gasteiger charge is 2.64. The third kappa shape index (κ3) is 3.12. The van der Waals surface area contributed by atoms with Gasteiger partial charge in [0.2, 0.25) is 11.7 Å². The number of halogens is 4. The lowest BCUT2D eigenvalue weighted by atomic mass is 10.2. The average molecular weight is 459 g/mol. The van der Waals surface area contributed by atoms with Crippen LogP contribution in [0.1, 0.15) is 17.8 Å². The molecule has 8 nitrogen and oxygen atoms in total. The maximum Gasteiger partial charge on any atom is 0.451 e. The maximum absolute atomic E-state index is 14.4. The molecule has 1 saturated carbocycles. The van der Waals surface area contributed by atoms with Crippen LogP contribution in [0.3, 0.4) is 0 Å². The molecule has 1 aromatic carbocycles. The summed E-state index contributed by atoms with van der Waals surface area (Å²) in [5, 5.41) is 0. The van der Waals surface area contributed by atoms with Crippen LogP contribution in [0, 0.1) is 5.82 Å². The van der Waals surface area contributed by atoms with Crippen molar-refractivity contribution in [2.75, 3.05) is 4.90 Å². The molecular formula is C21H13F4N5O3. The number of anilines is 1. The van der Waals surface area contributed by atoms with Crippen molar-refractivity contribution in [1.29, 1.82) is 0 Å². The molecule has 0 amide bonds. The highest BCUT2D eigenvalue weighted by molar-refractivity contribution is 5.71. The third-order valence-corrected chi connectivity index (χ3v) is 5.83. The van der Waals surface area contributed by atoms with E-state index in [9.17, 15) is 22.4 Å². The first-order valence-electron chi connectivity index (χ1n) is 9.84. The van der Waals surface area contributed by atoms with Crippen molar-refractivity contribution in [2.45, 2.75) is 31.3 Å². The van der Waals surface area contributed by atoms with Gasteiger partial charge in [0.05, 0.1) is 24.5 Å². The summed E-state index contributed by atoms with van der Waals surface area (Å²) >= 11 is 0. The molecule has 12 heteroatoms. The number of rotatable bonds is 5. The second-order valence-corrected chi connectivity index (χ2v) is 7.95. The van der Waals surface area contributed by atoms with Crippen LogP contribution in [0.25, 0.3) is 0 Å². The summed E-state index contributed by atoms with van der Waals surface area (Å²) in [5.41, 5.74) is 1.33. The Morgan fingerprint density at radius 1 is 1.15 bits per heavy atom. The van der Waals surface area contributed by atoms with Crippen LogP contribution in [0.15, 0.2) is 53.2 Å². The zero-order valence-corrected chi connectivity index (χ0v) is 16.6. The molecule has 2 aromatic heterocycles. The number of ether oxygens (including phenoxy) is 2. The monoisotopic (exact) mass is 459 g/mol. The fourth-order valence-corrected chi connectivity index (χ4v) is 4.08.